The summed E-state index contributed by atoms with van der Waals surface area (Å²) in [5.41, 5.74) is 2.76. The van der Waals surface area contributed by atoms with Crippen molar-refractivity contribution in [3.63, 3.8) is 0 Å². The number of hydrogen-bond acceptors (Lipinski definition) is 4. The van der Waals surface area contributed by atoms with Crippen LogP contribution < -0.4 is 0 Å². The summed E-state index contributed by atoms with van der Waals surface area (Å²) in [6, 6.07) is 9.61. The highest BCUT2D eigenvalue weighted by Crippen LogP contribution is 2.31. The third kappa shape index (κ3) is 3.88. The van der Waals surface area contributed by atoms with Gasteiger partial charge in [0.1, 0.15) is 0 Å². The summed E-state index contributed by atoms with van der Waals surface area (Å²) in [6.07, 6.45) is -1.87. The molecule has 158 valence electrons. The zero-order valence-corrected chi connectivity index (χ0v) is 16.7. The van der Waals surface area contributed by atoms with E-state index in [2.05, 4.69) is 15.1 Å². The van der Waals surface area contributed by atoms with E-state index in [0.29, 0.717) is 31.6 Å². The molecule has 3 heterocycles. The van der Waals surface area contributed by atoms with Gasteiger partial charge in [-0.25, -0.2) is 9.50 Å². The van der Waals surface area contributed by atoms with Crippen LogP contribution in [0.1, 0.15) is 54.2 Å². The summed E-state index contributed by atoms with van der Waals surface area (Å²) in [6.45, 7) is 5.00. The second kappa shape index (κ2) is 7.70. The van der Waals surface area contributed by atoms with Crippen molar-refractivity contribution in [1.82, 2.24) is 24.5 Å². The van der Waals surface area contributed by atoms with Gasteiger partial charge in [-0.2, -0.15) is 18.2 Å². The van der Waals surface area contributed by atoms with E-state index in [0.717, 1.165) is 11.1 Å². The minimum absolute atomic E-state index is 0.0167. The molecule has 6 nitrogen and oxygen atoms in total. The van der Waals surface area contributed by atoms with Gasteiger partial charge < -0.3 is 4.90 Å². The number of carbonyl (C=O) groups is 1. The Balaban J connectivity index is 1.47. The number of nitrogens with zero attached hydrogens (tertiary/aromatic N) is 5. The Morgan fingerprint density at radius 2 is 1.80 bits per heavy atom. The highest BCUT2D eigenvalue weighted by molar-refractivity contribution is 5.83. The van der Waals surface area contributed by atoms with Gasteiger partial charge >= 0.3 is 6.18 Å². The molecule has 2 aromatic heterocycles. The lowest BCUT2D eigenvalue weighted by Crippen LogP contribution is -2.40. The largest absolute Gasteiger partial charge is 0.453 e. The van der Waals surface area contributed by atoms with Gasteiger partial charge in [0.2, 0.25) is 5.91 Å². The van der Waals surface area contributed by atoms with Gasteiger partial charge in [0.05, 0.1) is 11.6 Å². The number of likely N-dealkylation sites (tertiary alicyclic amines) is 1. The Bertz CT molecular complexity index is 1050. The van der Waals surface area contributed by atoms with Crippen LogP contribution >= 0.6 is 0 Å². The summed E-state index contributed by atoms with van der Waals surface area (Å²) in [5, 5.41) is 3.63. The zero-order chi connectivity index (χ0) is 21.5. The molecule has 1 atom stereocenters. The first kappa shape index (κ1) is 20.3. The average Bonchev–Trinajstić information content (AvgIpc) is 3.18. The van der Waals surface area contributed by atoms with Gasteiger partial charge in [-0.1, -0.05) is 29.8 Å². The Morgan fingerprint density at radius 3 is 2.43 bits per heavy atom. The Hall–Kier alpha value is -2.97. The summed E-state index contributed by atoms with van der Waals surface area (Å²) < 4.78 is 40.1. The van der Waals surface area contributed by atoms with Crippen molar-refractivity contribution in [2.24, 2.45) is 0 Å². The smallest absolute Gasteiger partial charge is 0.342 e. The number of carbonyl (C=O) groups excluding carboxylic acids is 1. The van der Waals surface area contributed by atoms with Crippen LogP contribution in [0.2, 0.25) is 0 Å². The van der Waals surface area contributed by atoms with E-state index in [4.69, 9.17) is 0 Å². The first-order valence-electron chi connectivity index (χ1n) is 9.88. The number of aryl methyl sites for hydroxylation is 1. The van der Waals surface area contributed by atoms with Crippen LogP contribution in [0, 0.1) is 6.92 Å². The van der Waals surface area contributed by atoms with E-state index in [1.165, 1.54) is 10.7 Å². The number of amides is 1. The fourth-order valence-electron chi connectivity index (χ4n) is 3.91. The van der Waals surface area contributed by atoms with Gasteiger partial charge in [-0.15, -0.1) is 5.10 Å². The summed E-state index contributed by atoms with van der Waals surface area (Å²) in [5.74, 6) is -1.44. The lowest BCUT2D eigenvalue weighted by atomic mass is 9.91. The fourth-order valence-corrected chi connectivity index (χ4v) is 3.91. The monoisotopic (exact) mass is 417 g/mol. The minimum Gasteiger partial charge on any atom is -0.342 e. The van der Waals surface area contributed by atoms with Gasteiger partial charge in [-0.05, 0) is 38.3 Å². The average molecular weight is 417 g/mol. The Kier molecular flexibility index (Phi) is 5.21. The van der Waals surface area contributed by atoms with Crippen molar-refractivity contribution in [2.75, 3.05) is 13.1 Å². The van der Waals surface area contributed by atoms with Crippen molar-refractivity contribution in [2.45, 2.75) is 44.7 Å². The lowest BCUT2D eigenvalue weighted by Gasteiger charge is -2.33. The molecule has 4 rings (SSSR count). The zero-order valence-electron chi connectivity index (χ0n) is 16.7. The molecule has 1 fully saturated rings. The van der Waals surface area contributed by atoms with Crippen molar-refractivity contribution in [3.05, 3.63) is 59.2 Å². The molecular formula is C21H22F3N5O. The van der Waals surface area contributed by atoms with Gasteiger partial charge in [0, 0.05) is 25.2 Å². The fraction of sp³-hybridized carbons (Fsp3) is 0.429. The number of aromatic nitrogens is 4. The van der Waals surface area contributed by atoms with Crippen LogP contribution in [0.15, 0.2) is 36.5 Å². The minimum atomic E-state index is -4.62. The quantitative estimate of drug-likeness (QED) is 0.647. The first-order valence-corrected chi connectivity index (χ1v) is 9.88. The number of halogens is 3. The number of alkyl halides is 3. The molecule has 0 saturated carbocycles. The highest BCUT2D eigenvalue weighted by atomic mass is 19.4. The molecule has 1 amide bonds. The van der Waals surface area contributed by atoms with E-state index in [1.54, 1.807) is 6.07 Å². The lowest BCUT2D eigenvalue weighted by molar-refractivity contribution is -0.144. The van der Waals surface area contributed by atoms with E-state index in [-0.39, 0.29) is 23.5 Å². The number of piperidine rings is 1. The molecule has 0 spiro atoms. The normalized spacial score (nSPS) is 16.8. The molecule has 9 heteroatoms. The van der Waals surface area contributed by atoms with Crippen molar-refractivity contribution >= 4 is 11.7 Å². The topological polar surface area (TPSA) is 63.4 Å². The molecule has 0 N–H and O–H groups in total. The van der Waals surface area contributed by atoms with E-state index < -0.39 is 12.0 Å². The second-order valence-corrected chi connectivity index (χ2v) is 7.75. The summed E-state index contributed by atoms with van der Waals surface area (Å²) in [7, 11) is 0. The molecule has 0 bridgehead atoms. The molecule has 30 heavy (non-hydrogen) atoms. The second-order valence-electron chi connectivity index (χ2n) is 7.75. The third-order valence-electron chi connectivity index (χ3n) is 5.70. The van der Waals surface area contributed by atoms with Gasteiger partial charge in [0.25, 0.3) is 11.6 Å². The first-order chi connectivity index (χ1) is 14.2. The van der Waals surface area contributed by atoms with Crippen LogP contribution in [0.25, 0.3) is 5.78 Å². The maximum absolute atomic E-state index is 13.0. The van der Waals surface area contributed by atoms with Crippen molar-refractivity contribution in [1.29, 1.82) is 0 Å². The molecule has 1 aliphatic heterocycles. The molecule has 0 aliphatic carbocycles. The van der Waals surface area contributed by atoms with Crippen molar-refractivity contribution < 1.29 is 18.0 Å². The standard InChI is InChI=1S/C21H22F3N5O/c1-13-3-5-15(6-4-13)14(2)18(30)28-11-8-16(9-12-28)17-7-10-25-20-26-19(21(22,23)24)27-29(17)20/h3-7,10,14,16H,8-9,11-12H2,1-2H3. The van der Waals surface area contributed by atoms with Crippen LogP contribution in [0.3, 0.4) is 0 Å². The van der Waals surface area contributed by atoms with Gasteiger partial charge in [-0.3, -0.25) is 4.79 Å². The molecular weight excluding hydrogens is 395 g/mol. The third-order valence-corrected chi connectivity index (χ3v) is 5.70. The van der Waals surface area contributed by atoms with Crippen LogP contribution in [-0.2, 0) is 11.0 Å². The molecule has 1 aliphatic rings. The van der Waals surface area contributed by atoms with Crippen LogP contribution in [0.5, 0.6) is 0 Å². The molecule has 1 aromatic carbocycles. The molecule has 1 unspecified atom stereocenters. The predicted molar refractivity (Wildman–Crippen MR) is 104 cm³/mol. The molecule has 1 saturated heterocycles. The predicted octanol–water partition coefficient (Wildman–Crippen LogP) is 3.96. The molecule has 0 radical (unpaired) electrons. The number of benzene rings is 1. The Morgan fingerprint density at radius 1 is 1.13 bits per heavy atom. The highest BCUT2D eigenvalue weighted by Gasteiger charge is 2.37. The van der Waals surface area contributed by atoms with Crippen molar-refractivity contribution in [3.8, 4) is 0 Å². The maximum atomic E-state index is 13.0. The van der Waals surface area contributed by atoms with Crippen LogP contribution in [-0.4, -0.2) is 43.5 Å². The SMILES string of the molecule is Cc1ccc(C(C)C(=O)N2CCC(c3ccnc4nc(C(F)(F)F)nn34)CC2)cc1. The maximum Gasteiger partial charge on any atom is 0.453 e. The van der Waals surface area contributed by atoms with E-state index in [9.17, 15) is 18.0 Å². The Labute approximate surface area is 171 Å². The number of rotatable bonds is 3. The summed E-state index contributed by atoms with van der Waals surface area (Å²) in [4.78, 5) is 22.1. The number of fused-ring (bicyclic) bond motifs is 1. The number of hydrogen-bond donors (Lipinski definition) is 0. The van der Waals surface area contributed by atoms with Crippen LogP contribution in [0.4, 0.5) is 13.2 Å². The summed E-state index contributed by atoms with van der Waals surface area (Å²) >= 11 is 0. The van der Waals surface area contributed by atoms with E-state index in [1.807, 2.05) is 43.0 Å². The van der Waals surface area contributed by atoms with Gasteiger partial charge in [0.15, 0.2) is 0 Å². The molecule has 3 aromatic rings. The van der Waals surface area contributed by atoms with E-state index >= 15 is 0 Å².